The van der Waals surface area contributed by atoms with Gasteiger partial charge in [-0.15, -0.1) is 0 Å². The SMILES string of the molecule is CNC1CCCN(C2CCCCC2C)C1. The van der Waals surface area contributed by atoms with Crippen molar-refractivity contribution in [1.82, 2.24) is 10.2 Å². The Bertz CT molecular complexity index is 193. The number of piperidine rings is 1. The topological polar surface area (TPSA) is 15.3 Å². The van der Waals surface area contributed by atoms with Crippen molar-refractivity contribution in [2.24, 2.45) is 5.92 Å². The predicted molar refractivity (Wildman–Crippen MR) is 65.1 cm³/mol. The molecule has 1 aliphatic carbocycles. The van der Waals surface area contributed by atoms with Crippen molar-refractivity contribution < 1.29 is 0 Å². The summed E-state index contributed by atoms with van der Waals surface area (Å²) in [7, 11) is 2.11. The lowest BCUT2D eigenvalue weighted by Crippen LogP contribution is -2.51. The van der Waals surface area contributed by atoms with Gasteiger partial charge in [0.1, 0.15) is 0 Å². The zero-order chi connectivity index (χ0) is 10.7. The summed E-state index contributed by atoms with van der Waals surface area (Å²) in [5, 5.41) is 3.45. The molecule has 1 saturated heterocycles. The highest BCUT2D eigenvalue weighted by molar-refractivity contribution is 4.86. The molecule has 0 radical (unpaired) electrons. The van der Waals surface area contributed by atoms with Crippen LogP contribution in [0.4, 0.5) is 0 Å². The van der Waals surface area contributed by atoms with Crippen LogP contribution >= 0.6 is 0 Å². The summed E-state index contributed by atoms with van der Waals surface area (Å²) >= 11 is 0. The third-order valence-corrected chi connectivity index (χ3v) is 4.40. The van der Waals surface area contributed by atoms with Crippen molar-refractivity contribution in [3.8, 4) is 0 Å². The summed E-state index contributed by atoms with van der Waals surface area (Å²) < 4.78 is 0. The summed E-state index contributed by atoms with van der Waals surface area (Å²) in [6.45, 7) is 5.07. The Labute approximate surface area is 94.4 Å². The highest BCUT2D eigenvalue weighted by Crippen LogP contribution is 2.29. The average molecular weight is 210 g/mol. The smallest absolute Gasteiger partial charge is 0.0192 e. The Morgan fingerprint density at radius 2 is 1.87 bits per heavy atom. The fourth-order valence-corrected chi connectivity index (χ4v) is 3.38. The van der Waals surface area contributed by atoms with Gasteiger partial charge in [-0.2, -0.15) is 0 Å². The van der Waals surface area contributed by atoms with Crippen molar-refractivity contribution in [2.75, 3.05) is 20.1 Å². The summed E-state index contributed by atoms with van der Waals surface area (Å²) in [5.41, 5.74) is 0. The highest BCUT2D eigenvalue weighted by atomic mass is 15.2. The van der Waals surface area contributed by atoms with E-state index in [1.807, 2.05) is 0 Å². The normalized spacial score (nSPS) is 39.2. The Morgan fingerprint density at radius 1 is 1.07 bits per heavy atom. The second-order valence-electron chi connectivity index (χ2n) is 5.45. The highest BCUT2D eigenvalue weighted by Gasteiger charge is 2.30. The number of hydrogen-bond acceptors (Lipinski definition) is 2. The number of nitrogens with one attached hydrogen (secondary N) is 1. The first kappa shape index (κ1) is 11.4. The third kappa shape index (κ3) is 2.73. The van der Waals surface area contributed by atoms with E-state index in [1.54, 1.807) is 0 Å². The first-order chi connectivity index (χ1) is 7.31. The largest absolute Gasteiger partial charge is 0.316 e. The molecule has 88 valence electrons. The van der Waals surface area contributed by atoms with Crippen LogP contribution in [0, 0.1) is 5.92 Å². The molecule has 1 aliphatic heterocycles. The van der Waals surface area contributed by atoms with Crippen LogP contribution in [0.15, 0.2) is 0 Å². The number of rotatable bonds is 2. The van der Waals surface area contributed by atoms with Gasteiger partial charge in [0, 0.05) is 18.6 Å². The fraction of sp³-hybridized carbons (Fsp3) is 1.00. The Kier molecular flexibility index (Phi) is 4.04. The first-order valence-electron chi connectivity index (χ1n) is 6.72. The fourth-order valence-electron chi connectivity index (χ4n) is 3.38. The molecule has 1 saturated carbocycles. The lowest BCUT2D eigenvalue weighted by molar-refractivity contribution is 0.0787. The minimum atomic E-state index is 0.743. The Balaban J connectivity index is 1.90. The van der Waals surface area contributed by atoms with Crippen molar-refractivity contribution in [1.29, 1.82) is 0 Å². The molecule has 2 rings (SSSR count). The van der Waals surface area contributed by atoms with Gasteiger partial charge in [0.05, 0.1) is 0 Å². The number of hydrogen-bond donors (Lipinski definition) is 1. The van der Waals surface area contributed by atoms with Crippen molar-refractivity contribution in [3.05, 3.63) is 0 Å². The Hall–Kier alpha value is -0.0800. The lowest BCUT2D eigenvalue weighted by Gasteiger charge is -2.43. The van der Waals surface area contributed by atoms with E-state index in [0.29, 0.717) is 0 Å². The molecule has 2 nitrogen and oxygen atoms in total. The van der Waals surface area contributed by atoms with E-state index in [1.165, 1.54) is 51.6 Å². The van der Waals surface area contributed by atoms with E-state index >= 15 is 0 Å². The molecule has 2 fully saturated rings. The number of likely N-dealkylation sites (tertiary alicyclic amines) is 1. The van der Waals surface area contributed by atoms with Crippen LogP contribution in [0.5, 0.6) is 0 Å². The minimum absolute atomic E-state index is 0.743. The van der Waals surface area contributed by atoms with Crippen LogP contribution in [0.1, 0.15) is 45.4 Å². The molecule has 0 amide bonds. The van der Waals surface area contributed by atoms with Crippen LogP contribution in [-0.4, -0.2) is 37.1 Å². The average Bonchev–Trinajstić information content (AvgIpc) is 2.30. The van der Waals surface area contributed by atoms with Crippen molar-refractivity contribution >= 4 is 0 Å². The zero-order valence-corrected chi connectivity index (χ0v) is 10.3. The van der Waals surface area contributed by atoms with Crippen LogP contribution in [0.3, 0.4) is 0 Å². The monoisotopic (exact) mass is 210 g/mol. The van der Waals surface area contributed by atoms with E-state index in [9.17, 15) is 0 Å². The molecule has 0 bridgehead atoms. The summed E-state index contributed by atoms with van der Waals surface area (Å²) in [6.07, 6.45) is 8.56. The number of nitrogens with zero attached hydrogens (tertiary/aromatic N) is 1. The molecule has 3 unspecified atom stereocenters. The van der Waals surface area contributed by atoms with Gasteiger partial charge in [-0.05, 0) is 45.2 Å². The van der Waals surface area contributed by atoms with Crippen LogP contribution in [-0.2, 0) is 0 Å². The molecule has 1 heterocycles. The van der Waals surface area contributed by atoms with Gasteiger partial charge in [0.2, 0.25) is 0 Å². The molecular formula is C13H26N2. The van der Waals surface area contributed by atoms with Gasteiger partial charge < -0.3 is 5.32 Å². The molecular weight excluding hydrogens is 184 g/mol. The molecule has 0 aromatic heterocycles. The molecule has 0 aromatic rings. The quantitative estimate of drug-likeness (QED) is 0.752. The lowest BCUT2D eigenvalue weighted by atomic mass is 9.84. The van der Waals surface area contributed by atoms with Gasteiger partial charge in [0.25, 0.3) is 0 Å². The summed E-state index contributed by atoms with van der Waals surface area (Å²) in [6, 6.07) is 1.63. The van der Waals surface area contributed by atoms with Crippen molar-refractivity contribution in [2.45, 2.75) is 57.5 Å². The minimum Gasteiger partial charge on any atom is -0.316 e. The Morgan fingerprint density at radius 3 is 2.60 bits per heavy atom. The second kappa shape index (κ2) is 5.31. The molecule has 2 aliphatic rings. The molecule has 3 atom stereocenters. The van der Waals surface area contributed by atoms with E-state index in [0.717, 1.165) is 18.0 Å². The maximum Gasteiger partial charge on any atom is 0.0192 e. The summed E-state index contributed by atoms with van der Waals surface area (Å²) in [5.74, 6) is 0.925. The van der Waals surface area contributed by atoms with Crippen LogP contribution in [0.25, 0.3) is 0 Å². The van der Waals surface area contributed by atoms with Gasteiger partial charge in [-0.3, -0.25) is 4.90 Å². The maximum absolute atomic E-state index is 3.45. The van der Waals surface area contributed by atoms with Crippen LogP contribution in [0.2, 0.25) is 0 Å². The standard InChI is InChI=1S/C13H26N2/c1-11-6-3-4-8-13(11)15-9-5-7-12(10-15)14-2/h11-14H,3-10H2,1-2H3. The zero-order valence-electron chi connectivity index (χ0n) is 10.3. The summed E-state index contributed by atoms with van der Waals surface area (Å²) in [4.78, 5) is 2.76. The molecule has 1 N–H and O–H groups in total. The van der Waals surface area contributed by atoms with Gasteiger partial charge in [-0.25, -0.2) is 0 Å². The molecule has 0 spiro atoms. The van der Waals surface area contributed by atoms with Crippen LogP contribution < -0.4 is 5.32 Å². The third-order valence-electron chi connectivity index (χ3n) is 4.40. The molecule has 0 aromatic carbocycles. The van der Waals surface area contributed by atoms with E-state index in [-0.39, 0.29) is 0 Å². The predicted octanol–water partition coefficient (Wildman–Crippen LogP) is 2.25. The van der Waals surface area contributed by atoms with E-state index < -0.39 is 0 Å². The maximum atomic E-state index is 3.45. The van der Waals surface area contributed by atoms with Gasteiger partial charge >= 0.3 is 0 Å². The van der Waals surface area contributed by atoms with E-state index in [4.69, 9.17) is 0 Å². The molecule has 2 heteroatoms. The van der Waals surface area contributed by atoms with Crippen molar-refractivity contribution in [3.63, 3.8) is 0 Å². The second-order valence-corrected chi connectivity index (χ2v) is 5.45. The van der Waals surface area contributed by atoms with Gasteiger partial charge in [-0.1, -0.05) is 19.8 Å². The van der Waals surface area contributed by atoms with Gasteiger partial charge in [0.15, 0.2) is 0 Å². The number of likely N-dealkylation sites (N-methyl/N-ethyl adjacent to an activating group) is 1. The first-order valence-corrected chi connectivity index (χ1v) is 6.72. The molecule has 15 heavy (non-hydrogen) atoms. The van der Waals surface area contributed by atoms with E-state index in [2.05, 4.69) is 24.2 Å².